The number of ether oxygens (including phenoxy) is 1. The molecule has 1 aliphatic rings. The molecule has 2 atom stereocenters. The first-order valence-corrected chi connectivity index (χ1v) is 9.20. The van der Waals surface area contributed by atoms with Crippen molar-refractivity contribution in [3.63, 3.8) is 0 Å². The highest BCUT2D eigenvalue weighted by Gasteiger charge is 2.34. The molecule has 0 radical (unpaired) electrons. The molecule has 1 aromatic carbocycles. The van der Waals surface area contributed by atoms with E-state index in [4.69, 9.17) is 4.74 Å². The summed E-state index contributed by atoms with van der Waals surface area (Å²) in [5, 5.41) is 7.38. The van der Waals surface area contributed by atoms with Crippen molar-refractivity contribution in [3.05, 3.63) is 24.3 Å². The monoisotopic (exact) mass is 379 g/mol. The van der Waals surface area contributed by atoms with Crippen molar-refractivity contribution in [1.29, 1.82) is 0 Å². The number of anilines is 2. The van der Waals surface area contributed by atoms with Crippen molar-refractivity contribution < 1.29 is 23.9 Å². The Labute approximate surface area is 155 Å². The van der Waals surface area contributed by atoms with E-state index in [0.717, 1.165) is 0 Å². The zero-order valence-electron chi connectivity index (χ0n) is 14.5. The Morgan fingerprint density at radius 1 is 1.19 bits per heavy atom. The molecule has 0 aliphatic carbocycles. The lowest BCUT2D eigenvalue weighted by molar-refractivity contribution is -0.146. The molecule has 1 aromatic rings. The summed E-state index contributed by atoms with van der Waals surface area (Å²) < 4.78 is 4.89. The molecule has 8 nitrogen and oxygen atoms in total. The van der Waals surface area contributed by atoms with Crippen LogP contribution in [0.1, 0.15) is 20.3 Å². The van der Waals surface area contributed by atoms with E-state index in [9.17, 15) is 19.2 Å². The van der Waals surface area contributed by atoms with Crippen LogP contribution >= 0.6 is 11.8 Å². The highest BCUT2D eigenvalue weighted by molar-refractivity contribution is 8.00. The highest BCUT2D eigenvalue weighted by atomic mass is 32.2. The summed E-state index contributed by atoms with van der Waals surface area (Å²) in [5.41, 5.74) is 1.19. The van der Waals surface area contributed by atoms with Gasteiger partial charge in [-0.2, -0.15) is 0 Å². The Morgan fingerprint density at radius 2 is 1.81 bits per heavy atom. The molecule has 2 rings (SSSR count). The average Bonchev–Trinajstić information content (AvgIpc) is 2.58. The van der Waals surface area contributed by atoms with Crippen molar-refractivity contribution in [1.82, 2.24) is 5.32 Å². The number of hydrogen-bond acceptors (Lipinski definition) is 6. The van der Waals surface area contributed by atoms with Gasteiger partial charge in [0, 0.05) is 30.5 Å². The fourth-order valence-corrected chi connectivity index (χ4v) is 3.47. The van der Waals surface area contributed by atoms with Crippen molar-refractivity contribution in [2.24, 2.45) is 0 Å². The van der Waals surface area contributed by atoms with Gasteiger partial charge in [-0.3, -0.25) is 14.4 Å². The Morgan fingerprint density at radius 3 is 2.35 bits per heavy atom. The summed E-state index contributed by atoms with van der Waals surface area (Å²) in [6.45, 7) is 3.36. The molecule has 3 amide bonds. The van der Waals surface area contributed by atoms with Crippen LogP contribution in [-0.2, 0) is 23.9 Å². The topological polar surface area (TPSA) is 114 Å². The molecule has 0 unspecified atom stereocenters. The molecule has 3 N–H and O–H groups in total. The Bertz CT molecular complexity index is 692. The van der Waals surface area contributed by atoms with Gasteiger partial charge in [-0.15, -0.1) is 11.8 Å². The molecule has 1 aliphatic heterocycles. The van der Waals surface area contributed by atoms with Crippen LogP contribution in [0.25, 0.3) is 0 Å². The zero-order chi connectivity index (χ0) is 19.1. The fraction of sp³-hybridized carbons (Fsp3) is 0.412. The lowest BCUT2D eigenvalue weighted by atomic mass is 10.2. The zero-order valence-corrected chi connectivity index (χ0v) is 15.4. The van der Waals surface area contributed by atoms with Gasteiger partial charge in [0.25, 0.3) is 0 Å². The van der Waals surface area contributed by atoms with Gasteiger partial charge in [0.15, 0.2) is 0 Å². The fourth-order valence-electron chi connectivity index (χ4n) is 2.34. The second-order valence-electron chi connectivity index (χ2n) is 5.65. The van der Waals surface area contributed by atoms with E-state index in [2.05, 4.69) is 16.0 Å². The van der Waals surface area contributed by atoms with Crippen LogP contribution in [-0.4, -0.2) is 47.3 Å². The average molecular weight is 379 g/mol. The first kappa shape index (κ1) is 19.8. The van der Waals surface area contributed by atoms with Gasteiger partial charge in [-0.25, -0.2) is 4.79 Å². The number of nitrogens with one attached hydrogen (secondary N) is 3. The van der Waals surface area contributed by atoms with Crippen molar-refractivity contribution in [2.75, 3.05) is 23.0 Å². The van der Waals surface area contributed by atoms with Crippen LogP contribution in [0.3, 0.4) is 0 Å². The summed E-state index contributed by atoms with van der Waals surface area (Å²) >= 11 is 1.26. The normalized spacial score (nSPS) is 19.2. The number of rotatable bonds is 6. The van der Waals surface area contributed by atoms with Gasteiger partial charge in [0.1, 0.15) is 6.04 Å². The van der Waals surface area contributed by atoms with E-state index < -0.39 is 17.3 Å². The third kappa shape index (κ3) is 5.76. The summed E-state index contributed by atoms with van der Waals surface area (Å²) in [4.78, 5) is 46.9. The summed E-state index contributed by atoms with van der Waals surface area (Å²) in [6, 6.07) is 5.99. The van der Waals surface area contributed by atoms with Crippen LogP contribution in [0.15, 0.2) is 24.3 Å². The minimum atomic E-state index is -0.673. The maximum Gasteiger partial charge on any atom is 0.329 e. The third-order valence-corrected chi connectivity index (χ3v) is 4.81. The van der Waals surface area contributed by atoms with E-state index in [1.807, 2.05) is 0 Å². The molecule has 0 bridgehead atoms. The summed E-state index contributed by atoms with van der Waals surface area (Å²) in [6.07, 6.45) is -0.000503. The van der Waals surface area contributed by atoms with E-state index in [1.165, 1.54) is 18.7 Å². The number of carbonyl (C=O) groups is 4. The Hall–Kier alpha value is -2.55. The minimum absolute atomic E-state index is 0.000503. The largest absolute Gasteiger partial charge is 0.464 e. The predicted octanol–water partition coefficient (Wildman–Crippen LogP) is 1.14. The Kier molecular flexibility index (Phi) is 7.02. The first-order chi connectivity index (χ1) is 12.4. The molecule has 0 spiro atoms. The van der Waals surface area contributed by atoms with E-state index in [0.29, 0.717) is 17.1 Å². The molecular formula is C17H21N3O5S. The van der Waals surface area contributed by atoms with Crippen LogP contribution in [0, 0.1) is 0 Å². The lowest BCUT2D eigenvalue weighted by Crippen LogP contribution is -2.51. The lowest BCUT2D eigenvalue weighted by Gasteiger charge is -2.27. The smallest absolute Gasteiger partial charge is 0.329 e. The van der Waals surface area contributed by atoms with Crippen LogP contribution in [0.5, 0.6) is 0 Å². The van der Waals surface area contributed by atoms with Gasteiger partial charge in [-0.05, 0) is 31.2 Å². The van der Waals surface area contributed by atoms with E-state index >= 15 is 0 Å². The van der Waals surface area contributed by atoms with Crippen LogP contribution in [0.4, 0.5) is 11.4 Å². The van der Waals surface area contributed by atoms with Crippen LogP contribution < -0.4 is 16.0 Å². The number of hydrogen-bond donors (Lipinski definition) is 3. The molecule has 0 saturated carbocycles. The molecule has 26 heavy (non-hydrogen) atoms. The molecule has 0 aromatic heterocycles. The number of carbonyl (C=O) groups excluding carboxylic acids is 4. The molecule has 1 heterocycles. The SMILES string of the molecule is CCOC(=O)[C@@H]1CS[C@@H](CC(=O)Nc2ccc(NC(C)=O)cc2)C(=O)N1. The number of esters is 1. The highest BCUT2D eigenvalue weighted by Crippen LogP contribution is 2.22. The first-order valence-electron chi connectivity index (χ1n) is 8.15. The minimum Gasteiger partial charge on any atom is -0.464 e. The van der Waals surface area contributed by atoms with Gasteiger partial charge in [-0.1, -0.05) is 0 Å². The summed E-state index contributed by atoms with van der Waals surface area (Å²) in [5.74, 6) is -0.928. The number of benzene rings is 1. The molecule has 9 heteroatoms. The second kappa shape index (κ2) is 9.23. The number of amides is 3. The Balaban J connectivity index is 1.83. The molecule has 140 valence electrons. The molecule has 1 saturated heterocycles. The van der Waals surface area contributed by atoms with E-state index in [1.54, 1.807) is 31.2 Å². The van der Waals surface area contributed by atoms with E-state index in [-0.39, 0.29) is 30.7 Å². The van der Waals surface area contributed by atoms with Gasteiger partial charge < -0.3 is 20.7 Å². The second-order valence-corrected chi connectivity index (χ2v) is 6.88. The predicted molar refractivity (Wildman–Crippen MR) is 98.8 cm³/mol. The van der Waals surface area contributed by atoms with Gasteiger partial charge >= 0.3 is 5.97 Å². The van der Waals surface area contributed by atoms with Gasteiger partial charge in [0.2, 0.25) is 17.7 Å². The number of thioether (sulfide) groups is 1. The maximum absolute atomic E-state index is 12.1. The van der Waals surface area contributed by atoms with Crippen molar-refractivity contribution >= 4 is 46.8 Å². The summed E-state index contributed by atoms with van der Waals surface area (Å²) in [7, 11) is 0. The van der Waals surface area contributed by atoms with Crippen LogP contribution in [0.2, 0.25) is 0 Å². The molecule has 1 fully saturated rings. The standard InChI is InChI=1S/C17H21N3O5S/c1-3-25-17(24)13-9-26-14(16(23)20-13)8-15(22)19-12-6-4-11(5-7-12)18-10(2)21/h4-7,13-14H,3,8-9H2,1-2H3,(H,18,21)(H,19,22)(H,20,23)/t13-,14-/m0/s1. The molecular weight excluding hydrogens is 358 g/mol. The van der Waals surface area contributed by atoms with Crippen molar-refractivity contribution in [2.45, 2.75) is 31.6 Å². The van der Waals surface area contributed by atoms with Gasteiger partial charge in [0.05, 0.1) is 11.9 Å². The quantitative estimate of drug-likeness (QED) is 0.639. The third-order valence-electron chi connectivity index (χ3n) is 3.50. The maximum atomic E-state index is 12.1. The van der Waals surface area contributed by atoms with Crippen molar-refractivity contribution in [3.8, 4) is 0 Å².